The smallest absolute Gasteiger partial charge is 0.271 e. The monoisotopic (exact) mass is 271 g/mol. The number of aromatic nitrogens is 1. The lowest BCUT2D eigenvalue weighted by Crippen LogP contribution is -2.04. The number of carbonyl (C=O) groups is 1. The van der Waals surface area contributed by atoms with Crippen LogP contribution in [0.1, 0.15) is 23.0 Å². The molecule has 1 aromatic carbocycles. The third-order valence-corrected chi connectivity index (χ3v) is 2.73. The zero-order valence-corrected chi connectivity index (χ0v) is 11.1. The zero-order chi connectivity index (χ0) is 14.7. The summed E-state index contributed by atoms with van der Waals surface area (Å²) < 4.78 is 0. The molecule has 2 aromatic rings. The highest BCUT2D eigenvalue weighted by atomic mass is 16.6. The molecule has 0 atom stereocenters. The molecule has 0 saturated heterocycles. The first-order valence-corrected chi connectivity index (χ1v) is 5.97. The lowest BCUT2D eigenvalue weighted by molar-refractivity contribution is -0.384. The van der Waals surface area contributed by atoms with E-state index in [0.29, 0.717) is 17.1 Å². The molecule has 102 valence electrons. The number of nitrogens with one attached hydrogen (secondary N) is 1. The van der Waals surface area contributed by atoms with Crippen molar-refractivity contribution >= 4 is 23.0 Å². The first kappa shape index (κ1) is 13.7. The molecular weight excluding hydrogens is 258 g/mol. The highest BCUT2D eigenvalue weighted by Gasteiger charge is 2.11. The summed E-state index contributed by atoms with van der Waals surface area (Å²) >= 11 is 0. The van der Waals surface area contributed by atoms with Gasteiger partial charge in [-0.05, 0) is 32.0 Å². The fourth-order valence-corrected chi connectivity index (χ4v) is 1.77. The Morgan fingerprint density at radius 2 is 2.05 bits per heavy atom. The van der Waals surface area contributed by atoms with Gasteiger partial charge in [0.2, 0.25) is 0 Å². The number of benzene rings is 1. The average molecular weight is 271 g/mol. The maximum atomic E-state index is 11.6. The van der Waals surface area contributed by atoms with Gasteiger partial charge in [-0.2, -0.15) is 0 Å². The minimum atomic E-state index is -0.471. The van der Waals surface area contributed by atoms with E-state index in [-0.39, 0.29) is 11.5 Å². The number of hydrogen-bond donors (Lipinski definition) is 1. The number of carbonyl (C=O) groups excluding carboxylic acids is 1. The molecule has 0 unspecified atom stereocenters. The molecule has 0 fully saturated rings. The Hall–Kier alpha value is -2.76. The van der Waals surface area contributed by atoms with Crippen LogP contribution in [-0.2, 0) is 0 Å². The maximum absolute atomic E-state index is 11.6. The second kappa shape index (κ2) is 5.48. The number of non-ortho nitro benzene ring substituents is 1. The van der Waals surface area contributed by atoms with Crippen LogP contribution in [0.25, 0.3) is 0 Å². The molecule has 0 radical (unpaired) electrons. The summed E-state index contributed by atoms with van der Waals surface area (Å²) in [6, 6.07) is 9.49. The van der Waals surface area contributed by atoms with Crippen molar-refractivity contribution in [2.75, 3.05) is 5.32 Å². The molecule has 20 heavy (non-hydrogen) atoms. The van der Waals surface area contributed by atoms with E-state index in [1.807, 2.05) is 6.92 Å². The number of ketones is 1. The lowest BCUT2D eigenvalue weighted by atomic mass is 10.1. The molecule has 0 spiro atoms. The van der Waals surface area contributed by atoms with Crippen LogP contribution in [0.4, 0.5) is 17.2 Å². The molecule has 0 aliphatic rings. The largest absolute Gasteiger partial charge is 0.339 e. The van der Waals surface area contributed by atoms with Crippen LogP contribution in [0.3, 0.4) is 0 Å². The standard InChI is InChI=1S/C14H13N3O3/c1-9-6-7-13(10(2)18)14(15-9)16-11-4-3-5-12(8-11)17(19)20/h3-8H,1-2H3,(H,15,16). The predicted octanol–water partition coefficient (Wildman–Crippen LogP) is 3.24. The molecule has 1 aromatic heterocycles. The Bertz CT molecular complexity index is 683. The van der Waals surface area contributed by atoms with Crippen molar-refractivity contribution in [1.29, 1.82) is 0 Å². The number of nitro groups is 1. The van der Waals surface area contributed by atoms with Crippen molar-refractivity contribution in [3.8, 4) is 0 Å². The normalized spacial score (nSPS) is 10.1. The topological polar surface area (TPSA) is 85.1 Å². The van der Waals surface area contributed by atoms with Crippen LogP contribution < -0.4 is 5.32 Å². The van der Waals surface area contributed by atoms with Crippen LogP contribution in [-0.4, -0.2) is 15.7 Å². The first-order chi connectivity index (χ1) is 9.47. The van der Waals surface area contributed by atoms with Crippen molar-refractivity contribution in [2.24, 2.45) is 0 Å². The zero-order valence-electron chi connectivity index (χ0n) is 11.1. The minimum Gasteiger partial charge on any atom is -0.339 e. The minimum absolute atomic E-state index is 0.0213. The van der Waals surface area contributed by atoms with E-state index in [1.54, 1.807) is 24.3 Å². The molecule has 0 bridgehead atoms. The van der Waals surface area contributed by atoms with E-state index in [1.165, 1.54) is 19.1 Å². The van der Waals surface area contributed by atoms with Gasteiger partial charge in [-0.25, -0.2) is 4.98 Å². The number of nitro benzene ring substituents is 1. The van der Waals surface area contributed by atoms with E-state index in [0.717, 1.165) is 5.69 Å². The molecule has 0 amide bonds. The van der Waals surface area contributed by atoms with E-state index >= 15 is 0 Å². The fourth-order valence-electron chi connectivity index (χ4n) is 1.77. The number of nitrogens with zero attached hydrogens (tertiary/aromatic N) is 2. The van der Waals surface area contributed by atoms with Crippen molar-refractivity contribution in [1.82, 2.24) is 4.98 Å². The maximum Gasteiger partial charge on any atom is 0.271 e. The average Bonchev–Trinajstić information content (AvgIpc) is 2.38. The van der Waals surface area contributed by atoms with E-state index in [2.05, 4.69) is 10.3 Å². The SMILES string of the molecule is CC(=O)c1ccc(C)nc1Nc1cccc([N+](=O)[O-])c1. The summed E-state index contributed by atoms with van der Waals surface area (Å²) in [5.74, 6) is 0.281. The fraction of sp³-hybridized carbons (Fsp3) is 0.143. The Kier molecular flexibility index (Phi) is 3.74. The van der Waals surface area contributed by atoms with E-state index < -0.39 is 4.92 Å². The van der Waals surface area contributed by atoms with Crippen LogP contribution in [0.2, 0.25) is 0 Å². The van der Waals surface area contributed by atoms with Crippen molar-refractivity contribution in [3.63, 3.8) is 0 Å². The quantitative estimate of drug-likeness (QED) is 0.524. The summed E-state index contributed by atoms with van der Waals surface area (Å²) in [6.07, 6.45) is 0. The van der Waals surface area contributed by atoms with Crippen molar-refractivity contribution in [2.45, 2.75) is 13.8 Å². The van der Waals surface area contributed by atoms with Gasteiger partial charge in [-0.3, -0.25) is 14.9 Å². The van der Waals surface area contributed by atoms with Crippen LogP contribution in [0, 0.1) is 17.0 Å². The third-order valence-electron chi connectivity index (χ3n) is 2.73. The molecule has 6 heteroatoms. The van der Waals surface area contributed by atoms with Crippen LogP contribution >= 0.6 is 0 Å². The highest BCUT2D eigenvalue weighted by molar-refractivity contribution is 5.99. The number of aryl methyl sites for hydroxylation is 1. The summed E-state index contributed by atoms with van der Waals surface area (Å²) in [5, 5.41) is 13.7. The molecule has 0 aliphatic heterocycles. The van der Waals surface area contributed by atoms with E-state index in [4.69, 9.17) is 0 Å². The second-order valence-electron chi connectivity index (χ2n) is 4.34. The molecule has 2 rings (SSSR count). The Morgan fingerprint density at radius 1 is 1.30 bits per heavy atom. The summed E-state index contributed by atoms with van der Waals surface area (Å²) in [4.78, 5) is 26.1. The third kappa shape index (κ3) is 2.97. The predicted molar refractivity (Wildman–Crippen MR) is 75.4 cm³/mol. The van der Waals surface area contributed by atoms with E-state index in [9.17, 15) is 14.9 Å². The van der Waals surface area contributed by atoms with Gasteiger partial charge in [0, 0.05) is 23.5 Å². The number of anilines is 2. The number of Topliss-reactive ketones (excluding diaryl/α,β-unsaturated/α-hetero) is 1. The number of hydrogen-bond acceptors (Lipinski definition) is 5. The van der Waals surface area contributed by atoms with Gasteiger partial charge in [0.15, 0.2) is 5.78 Å². The van der Waals surface area contributed by atoms with Crippen LogP contribution in [0.15, 0.2) is 36.4 Å². The van der Waals surface area contributed by atoms with Gasteiger partial charge < -0.3 is 5.32 Å². The van der Waals surface area contributed by atoms with Gasteiger partial charge in [0.25, 0.3) is 5.69 Å². The second-order valence-corrected chi connectivity index (χ2v) is 4.34. The molecule has 1 N–H and O–H groups in total. The Balaban J connectivity index is 2.39. The molecule has 0 aliphatic carbocycles. The highest BCUT2D eigenvalue weighted by Crippen LogP contribution is 2.23. The van der Waals surface area contributed by atoms with Crippen molar-refractivity contribution in [3.05, 3.63) is 57.8 Å². The number of pyridine rings is 1. The van der Waals surface area contributed by atoms with Crippen LogP contribution in [0.5, 0.6) is 0 Å². The Morgan fingerprint density at radius 3 is 2.70 bits per heavy atom. The Labute approximate surface area is 115 Å². The summed E-state index contributed by atoms with van der Waals surface area (Å²) in [7, 11) is 0. The van der Waals surface area contributed by atoms with Gasteiger partial charge in [-0.1, -0.05) is 6.07 Å². The van der Waals surface area contributed by atoms with Crippen molar-refractivity contribution < 1.29 is 9.72 Å². The van der Waals surface area contributed by atoms with Gasteiger partial charge in [-0.15, -0.1) is 0 Å². The lowest BCUT2D eigenvalue weighted by Gasteiger charge is -2.10. The molecule has 6 nitrogen and oxygen atoms in total. The molecule has 1 heterocycles. The van der Waals surface area contributed by atoms with Gasteiger partial charge in [0.05, 0.1) is 10.5 Å². The van der Waals surface area contributed by atoms with Gasteiger partial charge in [0.1, 0.15) is 5.82 Å². The summed E-state index contributed by atoms with van der Waals surface area (Å²) in [5.41, 5.74) is 1.69. The molecular formula is C14H13N3O3. The first-order valence-electron chi connectivity index (χ1n) is 5.97. The summed E-state index contributed by atoms with van der Waals surface area (Å²) in [6.45, 7) is 3.26. The van der Waals surface area contributed by atoms with Gasteiger partial charge >= 0.3 is 0 Å². The molecule has 0 saturated carbocycles. The number of rotatable bonds is 4.